The number of aromatic hydroxyl groups is 1. The third-order valence-corrected chi connectivity index (χ3v) is 3.13. The van der Waals surface area contributed by atoms with Crippen LogP contribution in [-0.4, -0.2) is 29.1 Å². The molecule has 1 rings (SSSR count). The van der Waals surface area contributed by atoms with Crippen molar-refractivity contribution in [3.63, 3.8) is 0 Å². The van der Waals surface area contributed by atoms with E-state index in [1.807, 2.05) is 20.8 Å². The van der Waals surface area contributed by atoms with Gasteiger partial charge in [-0.05, 0) is 17.5 Å². The Bertz CT molecular complexity index is 453. The highest BCUT2D eigenvalue weighted by atomic mass is 35.5. The Morgan fingerprint density at radius 2 is 1.94 bits per heavy atom. The van der Waals surface area contributed by atoms with Gasteiger partial charge in [-0.15, -0.1) is 0 Å². The molecule has 0 fully saturated rings. The lowest BCUT2D eigenvalue weighted by molar-refractivity contribution is 0.191. The van der Waals surface area contributed by atoms with Crippen molar-refractivity contribution in [1.29, 1.82) is 0 Å². The van der Waals surface area contributed by atoms with Gasteiger partial charge < -0.3 is 10.2 Å². The summed E-state index contributed by atoms with van der Waals surface area (Å²) in [5.41, 5.74) is 0.277. The number of phenolic OH excluding ortho intramolecular Hbond substituents is 1. The summed E-state index contributed by atoms with van der Waals surface area (Å²) < 4.78 is 0. The molecule has 18 heavy (non-hydrogen) atoms. The van der Waals surface area contributed by atoms with Crippen molar-refractivity contribution in [2.45, 2.75) is 26.8 Å². The first kappa shape index (κ1) is 15.3. The number of benzene rings is 1. The number of hydrogen-bond donors (Lipinski definition) is 2. The van der Waals surface area contributed by atoms with Crippen LogP contribution in [-0.2, 0) is 0 Å². The van der Waals surface area contributed by atoms with E-state index in [0.29, 0.717) is 10.6 Å². The second-order valence-electron chi connectivity index (χ2n) is 5.17. The molecule has 0 radical (unpaired) electrons. The number of rotatable bonds is 3. The van der Waals surface area contributed by atoms with Gasteiger partial charge in [0.1, 0.15) is 5.75 Å². The summed E-state index contributed by atoms with van der Waals surface area (Å²) in [6.07, 6.45) is 1.49. The second kappa shape index (κ2) is 5.91. The predicted molar refractivity (Wildman–Crippen MR) is 76.0 cm³/mol. The maximum atomic E-state index is 9.77. The van der Waals surface area contributed by atoms with Crippen LogP contribution in [0.2, 0.25) is 10.0 Å². The fraction of sp³-hybridized carbons (Fsp3) is 0.462. The summed E-state index contributed by atoms with van der Waals surface area (Å²) in [5, 5.41) is 19.7. The molecule has 1 unspecified atom stereocenters. The van der Waals surface area contributed by atoms with Crippen molar-refractivity contribution in [3.05, 3.63) is 27.7 Å². The lowest BCUT2D eigenvalue weighted by Crippen LogP contribution is -2.28. The van der Waals surface area contributed by atoms with Crippen LogP contribution in [0.5, 0.6) is 5.75 Å². The molecule has 0 bridgehead atoms. The molecule has 0 aliphatic heterocycles. The number of phenols is 1. The molecule has 0 amide bonds. The van der Waals surface area contributed by atoms with Crippen molar-refractivity contribution >= 4 is 29.4 Å². The normalized spacial score (nSPS) is 14.1. The van der Waals surface area contributed by atoms with Crippen molar-refractivity contribution in [1.82, 2.24) is 0 Å². The summed E-state index contributed by atoms with van der Waals surface area (Å²) >= 11 is 11.7. The van der Waals surface area contributed by atoms with Gasteiger partial charge in [0.25, 0.3) is 0 Å². The van der Waals surface area contributed by atoms with Crippen LogP contribution in [0.3, 0.4) is 0 Å². The summed E-state index contributed by atoms with van der Waals surface area (Å²) in [5.74, 6) is -0.0598. The van der Waals surface area contributed by atoms with E-state index in [9.17, 15) is 10.2 Å². The molecule has 3 nitrogen and oxygen atoms in total. The van der Waals surface area contributed by atoms with E-state index in [-0.39, 0.29) is 28.8 Å². The number of hydrogen-bond acceptors (Lipinski definition) is 3. The second-order valence-corrected chi connectivity index (χ2v) is 6.01. The van der Waals surface area contributed by atoms with Crippen molar-refractivity contribution in [3.8, 4) is 5.75 Å². The van der Waals surface area contributed by atoms with Crippen LogP contribution in [0.15, 0.2) is 17.1 Å². The zero-order valence-corrected chi connectivity index (χ0v) is 12.1. The van der Waals surface area contributed by atoms with Gasteiger partial charge in [-0.2, -0.15) is 0 Å². The molecule has 0 heterocycles. The van der Waals surface area contributed by atoms with Gasteiger partial charge in [0.15, 0.2) is 0 Å². The Morgan fingerprint density at radius 3 is 2.44 bits per heavy atom. The number of nitrogens with zero attached hydrogens (tertiary/aromatic N) is 1. The first-order chi connectivity index (χ1) is 8.25. The summed E-state index contributed by atoms with van der Waals surface area (Å²) in [6.45, 7) is 5.89. The molecule has 100 valence electrons. The van der Waals surface area contributed by atoms with Crippen molar-refractivity contribution in [2.75, 3.05) is 6.61 Å². The van der Waals surface area contributed by atoms with Crippen LogP contribution in [0, 0.1) is 5.41 Å². The van der Waals surface area contributed by atoms with Crippen LogP contribution in [0.4, 0.5) is 0 Å². The Labute approximate surface area is 117 Å². The predicted octanol–water partition coefficient (Wildman–Crippen LogP) is 3.52. The minimum atomic E-state index is -0.255. The summed E-state index contributed by atoms with van der Waals surface area (Å²) in [4.78, 5) is 4.27. The molecule has 5 heteroatoms. The first-order valence-electron chi connectivity index (χ1n) is 5.57. The largest absolute Gasteiger partial charge is 0.506 e. The zero-order valence-electron chi connectivity index (χ0n) is 10.6. The molecule has 1 atom stereocenters. The lowest BCUT2D eigenvalue weighted by Gasteiger charge is -2.25. The third kappa shape index (κ3) is 3.87. The summed E-state index contributed by atoms with van der Waals surface area (Å²) in [7, 11) is 0. The maximum Gasteiger partial charge on any atom is 0.143 e. The lowest BCUT2D eigenvalue weighted by atomic mass is 9.88. The van der Waals surface area contributed by atoms with Gasteiger partial charge in [-0.25, -0.2) is 0 Å². The fourth-order valence-electron chi connectivity index (χ4n) is 1.40. The topological polar surface area (TPSA) is 52.8 Å². The highest BCUT2D eigenvalue weighted by Crippen LogP contribution is 2.30. The van der Waals surface area contributed by atoms with Gasteiger partial charge in [0.2, 0.25) is 0 Å². The molecule has 0 aliphatic rings. The van der Waals surface area contributed by atoms with Crippen molar-refractivity contribution in [2.24, 2.45) is 10.4 Å². The van der Waals surface area contributed by atoms with E-state index in [1.165, 1.54) is 12.3 Å². The molecule has 1 aromatic rings. The number of aliphatic imine (C=N–C) groups is 1. The Kier molecular flexibility index (Phi) is 5.02. The average molecular weight is 290 g/mol. The Hall–Kier alpha value is -0.770. The number of halogens is 2. The summed E-state index contributed by atoms with van der Waals surface area (Å²) in [6, 6.07) is 2.78. The first-order valence-corrected chi connectivity index (χ1v) is 6.33. The quantitative estimate of drug-likeness (QED) is 0.837. The average Bonchev–Trinajstić information content (AvgIpc) is 2.23. The molecule has 2 N–H and O–H groups in total. The van der Waals surface area contributed by atoms with Crippen molar-refractivity contribution < 1.29 is 10.2 Å². The maximum absolute atomic E-state index is 9.77. The molecular weight excluding hydrogens is 273 g/mol. The van der Waals surface area contributed by atoms with E-state index < -0.39 is 0 Å². The highest BCUT2D eigenvalue weighted by Gasteiger charge is 2.22. The molecule has 0 aromatic heterocycles. The minimum absolute atomic E-state index is 0.0598. The number of aliphatic hydroxyl groups is 1. The van der Waals surface area contributed by atoms with Gasteiger partial charge in [-0.3, -0.25) is 4.99 Å². The van der Waals surface area contributed by atoms with E-state index in [4.69, 9.17) is 23.2 Å². The smallest absolute Gasteiger partial charge is 0.143 e. The van der Waals surface area contributed by atoms with Gasteiger partial charge in [-0.1, -0.05) is 44.0 Å². The van der Waals surface area contributed by atoms with Crippen LogP contribution >= 0.6 is 23.2 Å². The van der Waals surface area contributed by atoms with Crippen LogP contribution in [0.25, 0.3) is 0 Å². The van der Waals surface area contributed by atoms with Crippen LogP contribution in [0.1, 0.15) is 26.3 Å². The number of aliphatic hydroxyl groups excluding tert-OH is 1. The monoisotopic (exact) mass is 289 g/mol. The molecule has 0 aliphatic carbocycles. The highest BCUT2D eigenvalue weighted by molar-refractivity contribution is 6.36. The van der Waals surface area contributed by atoms with Gasteiger partial charge >= 0.3 is 0 Å². The SMILES string of the molecule is CC(C)(C)C(CO)/N=C/c1cc(Cl)cc(Cl)c1O. The van der Waals surface area contributed by atoms with Gasteiger partial charge in [0.05, 0.1) is 17.7 Å². The van der Waals surface area contributed by atoms with Gasteiger partial charge in [0, 0.05) is 16.8 Å². The van der Waals surface area contributed by atoms with E-state index in [1.54, 1.807) is 6.07 Å². The minimum Gasteiger partial charge on any atom is -0.506 e. The standard InChI is InChI=1S/C13H17Cl2NO2/c1-13(2,3)11(7-17)16-6-8-4-9(14)5-10(15)12(8)18/h4-6,11,17-18H,7H2,1-3H3/b16-6+. The molecule has 0 spiro atoms. The van der Waals surface area contributed by atoms with E-state index >= 15 is 0 Å². The fourth-order valence-corrected chi connectivity index (χ4v) is 1.91. The van der Waals surface area contributed by atoms with E-state index in [0.717, 1.165) is 0 Å². The molecular formula is C13H17Cl2NO2. The Morgan fingerprint density at radius 1 is 1.33 bits per heavy atom. The molecule has 0 saturated carbocycles. The third-order valence-electron chi connectivity index (χ3n) is 2.62. The van der Waals surface area contributed by atoms with E-state index in [2.05, 4.69) is 4.99 Å². The molecule has 1 aromatic carbocycles. The molecule has 0 saturated heterocycles. The zero-order chi connectivity index (χ0) is 13.9. The Balaban J connectivity index is 3.04. The van der Waals surface area contributed by atoms with Crippen LogP contribution < -0.4 is 0 Å².